The third kappa shape index (κ3) is 2.22. The average Bonchev–Trinajstić information content (AvgIpc) is 2.18. The molecular weight excluding hydrogens is 162 g/mol. The lowest BCUT2D eigenvalue weighted by atomic mass is 10.2. The predicted molar refractivity (Wildman–Crippen MR) is 55.9 cm³/mol. The summed E-state index contributed by atoms with van der Waals surface area (Å²) in [7, 11) is 3.75. The van der Waals surface area contributed by atoms with Gasteiger partial charge in [-0.3, -0.25) is 0 Å². The van der Waals surface area contributed by atoms with Crippen molar-refractivity contribution in [1.29, 1.82) is 0 Å². The highest BCUT2D eigenvalue weighted by atomic mass is 16.5. The lowest BCUT2D eigenvalue weighted by Crippen LogP contribution is -2.42. The fraction of sp³-hybridized carbons (Fsp3) is 0.455. The smallest absolute Gasteiger partial charge is 0.134 e. The molecule has 0 N–H and O–H groups in total. The molecule has 0 atom stereocenters. The van der Waals surface area contributed by atoms with Gasteiger partial charge in [0, 0.05) is 19.8 Å². The monoisotopic (exact) mass is 179 g/mol. The van der Waals surface area contributed by atoms with Crippen molar-refractivity contribution in [3.8, 4) is 0 Å². The second-order valence-corrected chi connectivity index (χ2v) is 3.55. The van der Waals surface area contributed by atoms with Crippen molar-refractivity contribution >= 4 is 5.69 Å². The van der Waals surface area contributed by atoms with E-state index in [2.05, 4.69) is 17.0 Å². The lowest BCUT2D eigenvalue weighted by Gasteiger charge is -2.35. The molecule has 0 spiro atoms. The van der Waals surface area contributed by atoms with Crippen LogP contribution in [-0.2, 0) is 4.74 Å². The largest absolute Gasteiger partial charge is 0.360 e. The highest BCUT2D eigenvalue weighted by Crippen LogP contribution is 2.21. The van der Waals surface area contributed by atoms with E-state index in [1.807, 2.05) is 39.1 Å². The van der Waals surface area contributed by atoms with Crippen LogP contribution < -0.4 is 4.90 Å². The maximum absolute atomic E-state index is 5.38. The van der Waals surface area contributed by atoms with E-state index in [-0.39, 0.29) is 5.72 Å². The van der Waals surface area contributed by atoms with Crippen LogP contribution in [0.3, 0.4) is 0 Å². The highest BCUT2D eigenvalue weighted by Gasteiger charge is 2.22. The number of methoxy groups -OCH3 is 1. The Balaban J connectivity index is 2.85. The number of benzene rings is 1. The zero-order valence-corrected chi connectivity index (χ0v) is 8.74. The van der Waals surface area contributed by atoms with Crippen LogP contribution in [0.1, 0.15) is 13.8 Å². The molecule has 0 aliphatic carbocycles. The van der Waals surface area contributed by atoms with Crippen LogP contribution in [0.2, 0.25) is 0 Å². The van der Waals surface area contributed by atoms with Crippen LogP contribution in [-0.4, -0.2) is 19.9 Å². The molecule has 0 aromatic heterocycles. The fourth-order valence-corrected chi connectivity index (χ4v) is 1.10. The second-order valence-electron chi connectivity index (χ2n) is 3.55. The number of nitrogens with zero attached hydrogens (tertiary/aromatic N) is 1. The Morgan fingerprint density at radius 2 is 1.69 bits per heavy atom. The third-order valence-electron chi connectivity index (χ3n) is 2.45. The van der Waals surface area contributed by atoms with Crippen molar-refractivity contribution in [2.75, 3.05) is 19.1 Å². The first-order chi connectivity index (χ1) is 6.08. The molecule has 2 heteroatoms. The Morgan fingerprint density at radius 1 is 1.15 bits per heavy atom. The van der Waals surface area contributed by atoms with Gasteiger partial charge in [0.05, 0.1) is 0 Å². The summed E-state index contributed by atoms with van der Waals surface area (Å²) in [5.41, 5.74) is 0.899. The molecular formula is C11H17NO. The van der Waals surface area contributed by atoms with Gasteiger partial charge < -0.3 is 9.64 Å². The van der Waals surface area contributed by atoms with Crippen molar-refractivity contribution in [3.05, 3.63) is 30.3 Å². The molecule has 1 aromatic rings. The molecule has 0 heterocycles. The average molecular weight is 179 g/mol. The molecule has 13 heavy (non-hydrogen) atoms. The van der Waals surface area contributed by atoms with Gasteiger partial charge in [-0.2, -0.15) is 0 Å². The van der Waals surface area contributed by atoms with E-state index >= 15 is 0 Å². The molecule has 0 saturated carbocycles. The van der Waals surface area contributed by atoms with E-state index in [1.165, 1.54) is 0 Å². The Kier molecular flexibility index (Phi) is 2.94. The Hall–Kier alpha value is -1.02. The van der Waals surface area contributed by atoms with Gasteiger partial charge in [0.1, 0.15) is 5.72 Å². The number of hydrogen-bond acceptors (Lipinski definition) is 2. The molecule has 1 rings (SSSR count). The maximum atomic E-state index is 5.38. The van der Waals surface area contributed by atoms with E-state index in [0.29, 0.717) is 0 Å². The molecule has 0 unspecified atom stereocenters. The second kappa shape index (κ2) is 3.79. The summed E-state index contributed by atoms with van der Waals surface area (Å²) in [5, 5.41) is 0. The number of hydrogen-bond donors (Lipinski definition) is 0. The summed E-state index contributed by atoms with van der Waals surface area (Å²) in [4.78, 5) is 2.10. The van der Waals surface area contributed by atoms with Gasteiger partial charge in [-0.05, 0) is 26.0 Å². The van der Waals surface area contributed by atoms with E-state index in [9.17, 15) is 0 Å². The minimum atomic E-state index is -0.263. The first kappa shape index (κ1) is 10.1. The quantitative estimate of drug-likeness (QED) is 0.661. The van der Waals surface area contributed by atoms with Gasteiger partial charge in [-0.15, -0.1) is 0 Å². The molecule has 0 radical (unpaired) electrons. The number of rotatable bonds is 3. The van der Waals surface area contributed by atoms with Gasteiger partial charge in [0.25, 0.3) is 0 Å². The van der Waals surface area contributed by atoms with Crippen LogP contribution in [0.5, 0.6) is 0 Å². The molecule has 1 aromatic carbocycles. The molecule has 0 aliphatic rings. The van der Waals surface area contributed by atoms with E-state index in [4.69, 9.17) is 4.74 Å². The molecule has 72 valence electrons. The SMILES string of the molecule is COC(C)(C)N(C)c1ccccc1. The predicted octanol–water partition coefficient (Wildman–Crippen LogP) is 2.51. The maximum Gasteiger partial charge on any atom is 0.134 e. The summed E-state index contributed by atoms with van der Waals surface area (Å²) < 4.78 is 5.38. The fourth-order valence-electron chi connectivity index (χ4n) is 1.10. The minimum Gasteiger partial charge on any atom is -0.360 e. The Morgan fingerprint density at radius 3 is 2.15 bits per heavy atom. The number of anilines is 1. The van der Waals surface area contributed by atoms with Gasteiger partial charge in [-0.25, -0.2) is 0 Å². The highest BCUT2D eigenvalue weighted by molar-refractivity contribution is 5.46. The van der Waals surface area contributed by atoms with Crippen molar-refractivity contribution in [2.45, 2.75) is 19.6 Å². The zero-order chi connectivity index (χ0) is 9.90. The van der Waals surface area contributed by atoms with Crippen molar-refractivity contribution < 1.29 is 4.74 Å². The van der Waals surface area contributed by atoms with Crippen molar-refractivity contribution in [2.24, 2.45) is 0 Å². The van der Waals surface area contributed by atoms with Gasteiger partial charge in [-0.1, -0.05) is 18.2 Å². The van der Waals surface area contributed by atoms with Crippen LogP contribution in [0.15, 0.2) is 30.3 Å². The number of para-hydroxylation sites is 1. The van der Waals surface area contributed by atoms with Crippen LogP contribution in [0.4, 0.5) is 5.69 Å². The molecule has 0 bridgehead atoms. The van der Waals surface area contributed by atoms with Gasteiger partial charge in [0.2, 0.25) is 0 Å². The first-order valence-corrected chi connectivity index (χ1v) is 4.42. The van der Waals surface area contributed by atoms with Crippen LogP contribution in [0, 0.1) is 0 Å². The van der Waals surface area contributed by atoms with Crippen LogP contribution >= 0.6 is 0 Å². The summed E-state index contributed by atoms with van der Waals surface area (Å²) in [6, 6.07) is 10.2. The molecule has 2 nitrogen and oxygen atoms in total. The molecule has 0 fully saturated rings. The normalized spacial score (nSPS) is 11.4. The van der Waals surface area contributed by atoms with Gasteiger partial charge in [0.15, 0.2) is 0 Å². The summed E-state index contributed by atoms with van der Waals surface area (Å²) in [5.74, 6) is 0. The van der Waals surface area contributed by atoms with Crippen molar-refractivity contribution in [1.82, 2.24) is 0 Å². The summed E-state index contributed by atoms with van der Waals surface area (Å²) >= 11 is 0. The first-order valence-electron chi connectivity index (χ1n) is 4.42. The van der Waals surface area contributed by atoms with Gasteiger partial charge >= 0.3 is 0 Å². The Bertz CT molecular complexity index is 256. The lowest BCUT2D eigenvalue weighted by molar-refractivity contribution is 0.0240. The summed E-state index contributed by atoms with van der Waals surface area (Å²) in [6.45, 7) is 4.08. The van der Waals surface area contributed by atoms with E-state index < -0.39 is 0 Å². The van der Waals surface area contributed by atoms with Crippen LogP contribution in [0.25, 0.3) is 0 Å². The Labute approximate surface area is 80.1 Å². The third-order valence-corrected chi connectivity index (χ3v) is 2.45. The van der Waals surface area contributed by atoms with Crippen molar-refractivity contribution in [3.63, 3.8) is 0 Å². The zero-order valence-electron chi connectivity index (χ0n) is 8.74. The molecule has 0 amide bonds. The van der Waals surface area contributed by atoms with E-state index in [1.54, 1.807) is 7.11 Å². The minimum absolute atomic E-state index is 0.263. The summed E-state index contributed by atoms with van der Waals surface area (Å²) in [6.07, 6.45) is 0. The van der Waals surface area contributed by atoms with E-state index in [0.717, 1.165) is 5.69 Å². The standard InChI is InChI=1S/C11H17NO/c1-11(2,13-4)12(3)10-8-6-5-7-9-10/h5-9H,1-4H3. The number of ether oxygens (including phenoxy) is 1. The molecule has 0 aliphatic heterocycles. The topological polar surface area (TPSA) is 12.5 Å². The molecule has 0 saturated heterocycles.